The largest absolute Gasteiger partial charge is 0.376 e. The van der Waals surface area contributed by atoms with Crippen LogP contribution >= 0.6 is 11.6 Å². The predicted octanol–water partition coefficient (Wildman–Crippen LogP) is 2.65. The summed E-state index contributed by atoms with van der Waals surface area (Å²) in [5.74, 6) is -0.120. The van der Waals surface area contributed by atoms with E-state index in [1.54, 1.807) is 12.1 Å². The first kappa shape index (κ1) is 13.1. The van der Waals surface area contributed by atoms with Gasteiger partial charge in [-0.2, -0.15) is 0 Å². The van der Waals surface area contributed by atoms with Gasteiger partial charge in [-0.3, -0.25) is 4.79 Å². The minimum Gasteiger partial charge on any atom is -0.376 e. The molecule has 0 bridgehead atoms. The molecule has 4 heteroatoms. The molecule has 1 heterocycles. The number of carbonyl (C=O) groups excluding carboxylic acids is 1. The number of halogens is 1. The van der Waals surface area contributed by atoms with Crippen molar-refractivity contribution >= 4 is 23.6 Å². The minimum atomic E-state index is -0.120. The summed E-state index contributed by atoms with van der Waals surface area (Å²) in [6, 6.07) is 7.41. The number of benzene rings is 1. The van der Waals surface area contributed by atoms with Crippen molar-refractivity contribution in [3.05, 3.63) is 40.9 Å². The van der Waals surface area contributed by atoms with Crippen LogP contribution in [0, 0.1) is 0 Å². The molecule has 1 amide bonds. The Kier molecular flexibility index (Phi) is 4.79. The highest BCUT2D eigenvalue weighted by atomic mass is 35.5. The lowest BCUT2D eigenvalue weighted by atomic mass is 10.2. The molecule has 1 saturated heterocycles. The number of carbonyl (C=O) groups is 1. The SMILES string of the molecule is O=C(C=Cc1ccccc1Cl)NCC1CCCO1. The van der Waals surface area contributed by atoms with Crippen LogP contribution in [-0.4, -0.2) is 25.2 Å². The number of ether oxygens (including phenoxy) is 1. The molecule has 18 heavy (non-hydrogen) atoms. The van der Waals surface area contributed by atoms with E-state index < -0.39 is 0 Å². The van der Waals surface area contributed by atoms with E-state index in [1.165, 1.54) is 6.08 Å². The van der Waals surface area contributed by atoms with E-state index in [2.05, 4.69) is 5.32 Å². The van der Waals surface area contributed by atoms with Crippen molar-refractivity contribution < 1.29 is 9.53 Å². The Labute approximate surface area is 112 Å². The summed E-state index contributed by atoms with van der Waals surface area (Å²) in [5.41, 5.74) is 0.839. The summed E-state index contributed by atoms with van der Waals surface area (Å²) in [7, 11) is 0. The van der Waals surface area contributed by atoms with Crippen molar-refractivity contribution in [2.24, 2.45) is 0 Å². The van der Waals surface area contributed by atoms with Gasteiger partial charge in [0.15, 0.2) is 0 Å². The fraction of sp³-hybridized carbons (Fsp3) is 0.357. The third kappa shape index (κ3) is 3.86. The molecule has 1 aromatic carbocycles. The highest BCUT2D eigenvalue weighted by Gasteiger charge is 2.15. The molecule has 3 nitrogen and oxygen atoms in total. The number of amides is 1. The first-order chi connectivity index (χ1) is 8.75. The number of rotatable bonds is 4. The van der Waals surface area contributed by atoms with Crippen LogP contribution in [0.1, 0.15) is 18.4 Å². The lowest BCUT2D eigenvalue weighted by Crippen LogP contribution is -2.30. The second-order valence-corrected chi connectivity index (χ2v) is 4.64. The standard InChI is InChI=1S/C14H16ClNO2/c15-13-6-2-1-4-11(13)7-8-14(17)16-10-12-5-3-9-18-12/h1-2,4,6-8,12H,3,5,9-10H2,(H,16,17). The molecule has 1 atom stereocenters. The molecule has 96 valence electrons. The van der Waals surface area contributed by atoms with Crippen LogP contribution in [0.5, 0.6) is 0 Å². The molecule has 1 unspecified atom stereocenters. The van der Waals surface area contributed by atoms with E-state index in [0.717, 1.165) is 25.0 Å². The molecule has 1 aliphatic rings. The van der Waals surface area contributed by atoms with Gasteiger partial charge in [0.05, 0.1) is 6.10 Å². The van der Waals surface area contributed by atoms with Crippen LogP contribution in [0.3, 0.4) is 0 Å². The van der Waals surface area contributed by atoms with Gasteiger partial charge in [-0.15, -0.1) is 0 Å². The monoisotopic (exact) mass is 265 g/mol. The molecule has 0 aliphatic carbocycles. The average molecular weight is 266 g/mol. The van der Waals surface area contributed by atoms with Crippen LogP contribution in [0.25, 0.3) is 6.08 Å². The van der Waals surface area contributed by atoms with Crippen molar-refractivity contribution in [2.45, 2.75) is 18.9 Å². The second kappa shape index (κ2) is 6.57. The van der Waals surface area contributed by atoms with E-state index in [9.17, 15) is 4.79 Å². The van der Waals surface area contributed by atoms with Crippen molar-refractivity contribution in [3.63, 3.8) is 0 Å². The highest BCUT2D eigenvalue weighted by Crippen LogP contribution is 2.16. The van der Waals surface area contributed by atoms with Gasteiger partial charge in [-0.05, 0) is 30.5 Å². The third-order valence-corrected chi connectivity index (χ3v) is 3.19. The lowest BCUT2D eigenvalue weighted by Gasteiger charge is -2.08. The molecule has 2 rings (SSSR count). The summed E-state index contributed by atoms with van der Waals surface area (Å²) in [4.78, 5) is 11.6. The van der Waals surface area contributed by atoms with Crippen LogP contribution in [0.4, 0.5) is 0 Å². The Bertz CT molecular complexity index is 439. The van der Waals surface area contributed by atoms with Crippen LogP contribution in [-0.2, 0) is 9.53 Å². The topological polar surface area (TPSA) is 38.3 Å². The molecular weight excluding hydrogens is 250 g/mol. The van der Waals surface area contributed by atoms with Gasteiger partial charge in [-0.1, -0.05) is 29.8 Å². The lowest BCUT2D eigenvalue weighted by molar-refractivity contribution is -0.116. The van der Waals surface area contributed by atoms with E-state index in [0.29, 0.717) is 11.6 Å². The first-order valence-corrected chi connectivity index (χ1v) is 6.45. The van der Waals surface area contributed by atoms with E-state index >= 15 is 0 Å². The van der Waals surface area contributed by atoms with E-state index in [-0.39, 0.29) is 12.0 Å². The summed E-state index contributed by atoms with van der Waals surface area (Å²) in [5, 5.41) is 3.46. The summed E-state index contributed by atoms with van der Waals surface area (Å²) in [6.45, 7) is 1.38. The Balaban J connectivity index is 1.81. The molecule has 1 aromatic rings. The van der Waals surface area contributed by atoms with Crippen molar-refractivity contribution in [1.82, 2.24) is 5.32 Å². The van der Waals surface area contributed by atoms with Gasteiger partial charge in [0.2, 0.25) is 5.91 Å². The number of hydrogen-bond acceptors (Lipinski definition) is 2. The Morgan fingerprint density at radius 2 is 2.33 bits per heavy atom. The maximum atomic E-state index is 11.6. The molecule has 1 fully saturated rings. The Hall–Kier alpha value is -1.32. The molecular formula is C14H16ClNO2. The van der Waals surface area contributed by atoms with Crippen molar-refractivity contribution in [3.8, 4) is 0 Å². The van der Waals surface area contributed by atoms with Crippen LogP contribution in [0.2, 0.25) is 5.02 Å². The fourth-order valence-electron chi connectivity index (χ4n) is 1.85. The Morgan fingerprint density at radius 3 is 3.06 bits per heavy atom. The summed E-state index contributed by atoms with van der Waals surface area (Å²) in [6.07, 6.45) is 5.48. The smallest absolute Gasteiger partial charge is 0.244 e. The normalized spacial score (nSPS) is 19.3. The molecule has 1 aliphatic heterocycles. The first-order valence-electron chi connectivity index (χ1n) is 6.08. The molecule has 0 radical (unpaired) electrons. The predicted molar refractivity (Wildman–Crippen MR) is 72.5 cm³/mol. The van der Waals surface area contributed by atoms with Gasteiger partial charge < -0.3 is 10.1 Å². The van der Waals surface area contributed by atoms with Crippen LogP contribution in [0.15, 0.2) is 30.3 Å². The minimum absolute atomic E-state index is 0.120. The van der Waals surface area contributed by atoms with Gasteiger partial charge in [-0.25, -0.2) is 0 Å². The highest BCUT2D eigenvalue weighted by molar-refractivity contribution is 6.32. The van der Waals surface area contributed by atoms with Gasteiger partial charge in [0.1, 0.15) is 0 Å². The summed E-state index contributed by atoms with van der Waals surface area (Å²) >= 11 is 5.99. The van der Waals surface area contributed by atoms with Gasteiger partial charge in [0.25, 0.3) is 0 Å². The molecule has 0 aromatic heterocycles. The van der Waals surface area contributed by atoms with E-state index in [4.69, 9.17) is 16.3 Å². The van der Waals surface area contributed by atoms with Crippen molar-refractivity contribution in [2.75, 3.05) is 13.2 Å². The maximum absolute atomic E-state index is 11.6. The summed E-state index contributed by atoms with van der Waals surface area (Å²) < 4.78 is 5.43. The van der Waals surface area contributed by atoms with E-state index in [1.807, 2.05) is 18.2 Å². The second-order valence-electron chi connectivity index (χ2n) is 4.24. The van der Waals surface area contributed by atoms with Crippen LogP contribution < -0.4 is 5.32 Å². The van der Waals surface area contributed by atoms with Gasteiger partial charge in [0, 0.05) is 24.3 Å². The molecule has 0 saturated carbocycles. The third-order valence-electron chi connectivity index (χ3n) is 2.85. The number of nitrogens with one attached hydrogen (secondary N) is 1. The van der Waals surface area contributed by atoms with Crippen molar-refractivity contribution in [1.29, 1.82) is 0 Å². The molecule has 0 spiro atoms. The maximum Gasteiger partial charge on any atom is 0.244 e. The zero-order chi connectivity index (χ0) is 12.8. The molecule has 1 N–H and O–H groups in total. The Morgan fingerprint density at radius 1 is 1.50 bits per heavy atom. The quantitative estimate of drug-likeness (QED) is 0.850. The number of hydrogen-bond donors (Lipinski definition) is 1. The zero-order valence-electron chi connectivity index (χ0n) is 10.1. The van der Waals surface area contributed by atoms with Gasteiger partial charge >= 0.3 is 0 Å². The zero-order valence-corrected chi connectivity index (χ0v) is 10.8. The fourth-order valence-corrected chi connectivity index (χ4v) is 2.05. The average Bonchev–Trinajstić information content (AvgIpc) is 2.88.